The second kappa shape index (κ2) is 8.91. The van der Waals surface area contributed by atoms with Crippen molar-refractivity contribution in [3.63, 3.8) is 0 Å². The second-order valence-corrected chi connectivity index (χ2v) is 7.97. The lowest BCUT2D eigenvalue weighted by atomic mass is 10.1. The van der Waals surface area contributed by atoms with Crippen LogP contribution < -0.4 is 19.5 Å². The largest absolute Gasteiger partial charge is 0.496 e. The van der Waals surface area contributed by atoms with E-state index in [9.17, 15) is 15.3 Å². The molecule has 0 spiro atoms. The van der Waals surface area contributed by atoms with Gasteiger partial charge in [0.15, 0.2) is 5.57 Å². The summed E-state index contributed by atoms with van der Waals surface area (Å²) in [6.45, 7) is 1.99. The van der Waals surface area contributed by atoms with Gasteiger partial charge in [0.05, 0.1) is 17.3 Å². The number of methoxy groups -OCH3 is 1. The van der Waals surface area contributed by atoms with E-state index in [0.717, 1.165) is 26.9 Å². The zero-order valence-corrected chi connectivity index (χ0v) is 18.2. The summed E-state index contributed by atoms with van der Waals surface area (Å²) in [5.74, 6) is 0.618. The van der Waals surface area contributed by atoms with Crippen LogP contribution in [0.15, 0.2) is 51.7 Å². The molecule has 1 aromatic heterocycles. The first kappa shape index (κ1) is 20.6. The predicted octanol–water partition coefficient (Wildman–Crippen LogP) is 3.26. The normalized spacial score (nSPS) is 11.0. The minimum absolute atomic E-state index is 0.0983. The molecule has 2 aromatic carbocycles. The molecule has 0 aliphatic rings. The van der Waals surface area contributed by atoms with E-state index >= 15 is 0 Å². The molecule has 7 heteroatoms. The molecule has 144 valence electrons. The van der Waals surface area contributed by atoms with Gasteiger partial charge in [-0.15, -0.1) is 11.3 Å². The number of nitriles is 2. The van der Waals surface area contributed by atoms with E-state index in [1.807, 2.05) is 55.5 Å². The van der Waals surface area contributed by atoms with Crippen LogP contribution in [0.25, 0.3) is 17.3 Å². The maximum atomic E-state index is 13.3. The molecule has 0 saturated heterocycles. The van der Waals surface area contributed by atoms with Crippen LogP contribution in [0.4, 0.5) is 0 Å². The van der Waals surface area contributed by atoms with Crippen LogP contribution in [0, 0.1) is 22.7 Å². The summed E-state index contributed by atoms with van der Waals surface area (Å²) in [6.07, 6.45) is 2.43. The van der Waals surface area contributed by atoms with E-state index in [1.165, 1.54) is 4.57 Å². The van der Waals surface area contributed by atoms with Crippen molar-refractivity contribution in [2.75, 3.05) is 7.11 Å². The Kier molecular flexibility index (Phi) is 6.33. The first-order valence-electron chi connectivity index (χ1n) is 8.74. The number of nitrogens with zero attached hydrogens (tertiary/aromatic N) is 3. The number of benzene rings is 2. The summed E-state index contributed by atoms with van der Waals surface area (Å²) in [6, 6.07) is 16.8. The molecule has 0 atom stereocenters. The fraction of sp³-hybridized carbons (Fsp3) is 0.136. The Labute approximate surface area is 180 Å². The predicted molar refractivity (Wildman–Crippen MR) is 117 cm³/mol. The molecule has 0 aliphatic heterocycles. The van der Waals surface area contributed by atoms with Gasteiger partial charge < -0.3 is 4.74 Å². The Morgan fingerprint density at radius 1 is 1.24 bits per heavy atom. The Bertz CT molecular complexity index is 1320. The molecule has 3 aromatic rings. The van der Waals surface area contributed by atoms with Crippen molar-refractivity contribution in [3.8, 4) is 23.6 Å². The van der Waals surface area contributed by atoms with Gasteiger partial charge in [-0.05, 0) is 42.3 Å². The van der Waals surface area contributed by atoms with Gasteiger partial charge in [-0.3, -0.25) is 9.36 Å². The standard InChI is InChI=1S/C22H16BrN3O2S/c1-3-14-6-4-5-7-18(14)26-21(27)20(29-22(26)16(12-24)13-25)11-15-10-17(23)8-9-19(15)28-2/h4-11H,3H2,1-2H3/b20-11+. The molecule has 5 nitrogen and oxygen atoms in total. The number of ether oxygens (including phenoxy) is 1. The average molecular weight is 466 g/mol. The number of aryl methyl sites for hydroxylation is 1. The van der Waals surface area contributed by atoms with Crippen LogP contribution in [-0.2, 0) is 6.42 Å². The molecule has 0 bridgehead atoms. The third kappa shape index (κ3) is 4.02. The number of hydrogen-bond acceptors (Lipinski definition) is 5. The van der Waals surface area contributed by atoms with Gasteiger partial charge in [0, 0.05) is 10.0 Å². The first-order valence-corrected chi connectivity index (χ1v) is 10.3. The van der Waals surface area contributed by atoms with Gasteiger partial charge in [0.1, 0.15) is 22.6 Å². The van der Waals surface area contributed by atoms with Crippen molar-refractivity contribution in [1.29, 1.82) is 10.5 Å². The van der Waals surface area contributed by atoms with E-state index in [1.54, 1.807) is 19.3 Å². The summed E-state index contributed by atoms with van der Waals surface area (Å²) in [7, 11) is 1.56. The van der Waals surface area contributed by atoms with E-state index < -0.39 is 0 Å². The molecule has 3 rings (SSSR count). The van der Waals surface area contributed by atoms with Gasteiger partial charge in [0.25, 0.3) is 5.56 Å². The summed E-state index contributed by atoms with van der Waals surface area (Å²) in [5.41, 5.74) is 1.97. The van der Waals surface area contributed by atoms with Crippen LogP contribution in [0.1, 0.15) is 18.1 Å². The smallest absolute Gasteiger partial charge is 0.273 e. The summed E-state index contributed by atoms with van der Waals surface area (Å²) in [5, 5.41) is 18.9. The number of aromatic nitrogens is 1. The molecular weight excluding hydrogens is 450 g/mol. The summed E-state index contributed by atoms with van der Waals surface area (Å²) in [4.78, 5) is 13.3. The zero-order chi connectivity index (χ0) is 21.0. The number of para-hydroxylation sites is 1. The second-order valence-electron chi connectivity index (χ2n) is 6.02. The summed E-state index contributed by atoms with van der Waals surface area (Å²) >= 11 is 4.55. The van der Waals surface area contributed by atoms with Crippen LogP contribution in [0.2, 0.25) is 0 Å². The minimum Gasteiger partial charge on any atom is -0.496 e. The van der Waals surface area contributed by atoms with Crippen LogP contribution in [0.3, 0.4) is 0 Å². The molecule has 0 fully saturated rings. The highest BCUT2D eigenvalue weighted by molar-refractivity contribution is 9.10. The zero-order valence-electron chi connectivity index (χ0n) is 15.8. The van der Waals surface area contributed by atoms with Crippen LogP contribution in [-0.4, -0.2) is 11.7 Å². The maximum absolute atomic E-state index is 13.3. The maximum Gasteiger partial charge on any atom is 0.273 e. The molecule has 0 aliphatic carbocycles. The molecular formula is C22H16BrN3O2S. The first-order chi connectivity index (χ1) is 14.0. The number of thiazole rings is 1. The lowest BCUT2D eigenvalue weighted by Crippen LogP contribution is -2.31. The lowest BCUT2D eigenvalue weighted by Gasteiger charge is -2.08. The summed E-state index contributed by atoms with van der Waals surface area (Å²) < 4.78 is 8.43. The van der Waals surface area contributed by atoms with Gasteiger partial charge in [-0.2, -0.15) is 10.5 Å². The van der Waals surface area contributed by atoms with E-state index in [0.29, 0.717) is 27.1 Å². The number of rotatable bonds is 4. The van der Waals surface area contributed by atoms with Crippen molar-refractivity contribution >= 4 is 38.9 Å². The SMILES string of the molecule is CCc1ccccc1-n1c(=C(C#N)C#N)s/c(=C/c2cc(Br)ccc2OC)c1=O. The number of hydrogen-bond donors (Lipinski definition) is 0. The van der Waals surface area contributed by atoms with Gasteiger partial charge >= 0.3 is 0 Å². The van der Waals surface area contributed by atoms with Crippen molar-refractivity contribution in [2.24, 2.45) is 0 Å². The monoisotopic (exact) mass is 465 g/mol. The van der Waals surface area contributed by atoms with Crippen LogP contribution >= 0.6 is 27.3 Å². The molecule has 0 amide bonds. The Morgan fingerprint density at radius 2 is 1.97 bits per heavy atom. The molecule has 0 N–H and O–H groups in total. The Hall–Kier alpha value is -3.13. The van der Waals surface area contributed by atoms with E-state index in [4.69, 9.17) is 4.74 Å². The lowest BCUT2D eigenvalue weighted by molar-refractivity contribution is 0.414. The van der Waals surface area contributed by atoms with Gasteiger partial charge in [-0.25, -0.2) is 0 Å². The van der Waals surface area contributed by atoms with E-state index in [2.05, 4.69) is 15.9 Å². The topological polar surface area (TPSA) is 78.8 Å². The van der Waals surface area contributed by atoms with Crippen molar-refractivity contribution in [1.82, 2.24) is 4.57 Å². The highest BCUT2D eigenvalue weighted by atomic mass is 79.9. The van der Waals surface area contributed by atoms with Crippen molar-refractivity contribution in [2.45, 2.75) is 13.3 Å². The average Bonchev–Trinajstić information content (AvgIpc) is 3.05. The molecule has 0 radical (unpaired) electrons. The van der Waals surface area contributed by atoms with Crippen molar-refractivity contribution < 1.29 is 4.74 Å². The van der Waals surface area contributed by atoms with Crippen molar-refractivity contribution in [3.05, 3.63) is 77.6 Å². The molecule has 0 saturated carbocycles. The fourth-order valence-corrected chi connectivity index (χ4v) is 4.39. The quantitative estimate of drug-likeness (QED) is 0.592. The highest BCUT2D eigenvalue weighted by Gasteiger charge is 2.14. The minimum atomic E-state index is -0.282. The van der Waals surface area contributed by atoms with Crippen LogP contribution in [0.5, 0.6) is 5.75 Å². The van der Waals surface area contributed by atoms with Gasteiger partial charge in [-0.1, -0.05) is 41.1 Å². The van der Waals surface area contributed by atoms with E-state index in [-0.39, 0.29) is 11.1 Å². The molecule has 29 heavy (non-hydrogen) atoms. The number of halogens is 1. The Balaban J connectivity index is 2.45. The Morgan fingerprint density at radius 3 is 2.62 bits per heavy atom. The third-order valence-corrected chi connectivity index (χ3v) is 5.94. The van der Waals surface area contributed by atoms with Gasteiger partial charge in [0.2, 0.25) is 0 Å². The highest BCUT2D eigenvalue weighted by Crippen LogP contribution is 2.23. The molecule has 0 unspecified atom stereocenters. The fourth-order valence-electron chi connectivity index (χ4n) is 2.98. The molecule has 1 heterocycles. The third-order valence-electron chi connectivity index (χ3n) is 4.35.